The average Bonchev–Trinajstić information content (AvgIpc) is 2.78. The van der Waals surface area contributed by atoms with Crippen LogP contribution in [0, 0.1) is 17.8 Å². The van der Waals surface area contributed by atoms with Crippen molar-refractivity contribution in [2.24, 2.45) is 11.1 Å². The van der Waals surface area contributed by atoms with Gasteiger partial charge in [0.25, 0.3) is 0 Å². The molecule has 3 N–H and O–H groups in total. The summed E-state index contributed by atoms with van der Waals surface area (Å²) in [6.07, 6.45) is 9.26. The van der Waals surface area contributed by atoms with E-state index in [4.69, 9.17) is 12.2 Å². The number of terminal acetylenes is 1. The Morgan fingerprint density at radius 3 is 2.75 bits per heavy atom. The van der Waals surface area contributed by atoms with Crippen LogP contribution in [0.25, 0.3) is 0 Å². The lowest BCUT2D eigenvalue weighted by atomic mass is 9.85. The molecule has 0 aliphatic heterocycles. The minimum Gasteiger partial charge on any atom is -0.355 e. The van der Waals surface area contributed by atoms with Crippen LogP contribution in [0.1, 0.15) is 25.7 Å². The SMILES string of the molecule is C#CCSCCNC(=O)C1(CN)CCCC1. The summed E-state index contributed by atoms with van der Waals surface area (Å²) in [6.45, 7) is 1.16. The zero-order valence-corrected chi connectivity index (χ0v) is 10.4. The molecule has 0 atom stereocenters. The molecule has 0 radical (unpaired) electrons. The van der Waals surface area contributed by atoms with Crippen molar-refractivity contribution in [2.45, 2.75) is 25.7 Å². The Hall–Kier alpha value is -0.660. The van der Waals surface area contributed by atoms with Crippen molar-refractivity contribution in [3.8, 4) is 12.3 Å². The molecule has 1 fully saturated rings. The molecule has 0 heterocycles. The monoisotopic (exact) mass is 240 g/mol. The molecule has 0 bridgehead atoms. The number of hydrogen-bond donors (Lipinski definition) is 2. The van der Waals surface area contributed by atoms with Crippen molar-refractivity contribution in [3.05, 3.63) is 0 Å². The molecule has 0 saturated heterocycles. The Morgan fingerprint density at radius 1 is 1.50 bits per heavy atom. The van der Waals surface area contributed by atoms with Gasteiger partial charge in [0.15, 0.2) is 0 Å². The zero-order chi connectivity index (χ0) is 11.9. The second-order valence-corrected chi connectivity index (χ2v) is 5.31. The van der Waals surface area contributed by atoms with Gasteiger partial charge in [-0.15, -0.1) is 18.2 Å². The Bertz CT molecular complexity index is 267. The van der Waals surface area contributed by atoms with Crippen LogP contribution in [0.2, 0.25) is 0 Å². The van der Waals surface area contributed by atoms with E-state index < -0.39 is 0 Å². The van der Waals surface area contributed by atoms with Crippen LogP contribution in [0.3, 0.4) is 0 Å². The highest BCUT2D eigenvalue weighted by Gasteiger charge is 2.39. The molecule has 90 valence electrons. The number of thioether (sulfide) groups is 1. The smallest absolute Gasteiger partial charge is 0.227 e. The predicted octanol–water partition coefficient (Wildman–Crippen LogP) is 0.988. The van der Waals surface area contributed by atoms with Gasteiger partial charge in [0.2, 0.25) is 5.91 Å². The van der Waals surface area contributed by atoms with Gasteiger partial charge in [-0.3, -0.25) is 4.79 Å². The molecule has 1 amide bonds. The lowest BCUT2D eigenvalue weighted by Crippen LogP contribution is -2.44. The van der Waals surface area contributed by atoms with Gasteiger partial charge < -0.3 is 11.1 Å². The van der Waals surface area contributed by atoms with E-state index in [9.17, 15) is 4.79 Å². The number of carbonyl (C=O) groups excluding carboxylic acids is 1. The number of rotatable bonds is 6. The van der Waals surface area contributed by atoms with E-state index in [1.165, 1.54) is 0 Å². The first-order chi connectivity index (χ1) is 7.75. The van der Waals surface area contributed by atoms with Crippen LogP contribution in [0.5, 0.6) is 0 Å². The first-order valence-corrected chi connectivity index (χ1v) is 6.90. The number of nitrogens with one attached hydrogen (secondary N) is 1. The third kappa shape index (κ3) is 3.43. The van der Waals surface area contributed by atoms with E-state index in [0.29, 0.717) is 18.8 Å². The van der Waals surface area contributed by atoms with Gasteiger partial charge in [0.05, 0.1) is 11.2 Å². The average molecular weight is 240 g/mol. The highest BCUT2D eigenvalue weighted by atomic mass is 32.2. The fourth-order valence-corrected chi connectivity index (χ4v) is 2.64. The maximum absolute atomic E-state index is 12.0. The summed E-state index contributed by atoms with van der Waals surface area (Å²) in [5, 5.41) is 2.97. The largest absolute Gasteiger partial charge is 0.355 e. The summed E-state index contributed by atoms with van der Waals surface area (Å²) in [6, 6.07) is 0. The van der Waals surface area contributed by atoms with E-state index in [0.717, 1.165) is 31.4 Å². The van der Waals surface area contributed by atoms with Gasteiger partial charge >= 0.3 is 0 Å². The number of nitrogens with two attached hydrogens (primary N) is 1. The van der Waals surface area contributed by atoms with Gasteiger partial charge in [-0.05, 0) is 12.8 Å². The fourth-order valence-electron chi connectivity index (χ4n) is 2.13. The topological polar surface area (TPSA) is 55.1 Å². The molecule has 0 spiro atoms. The second-order valence-electron chi connectivity index (χ2n) is 4.20. The van der Waals surface area contributed by atoms with Gasteiger partial charge in [-0.1, -0.05) is 18.8 Å². The zero-order valence-electron chi connectivity index (χ0n) is 9.63. The second kappa shape index (κ2) is 6.82. The Kier molecular flexibility index (Phi) is 5.72. The molecule has 4 heteroatoms. The van der Waals surface area contributed by atoms with Crippen molar-refractivity contribution in [1.82, 2.24) is 5.32 Å². The van der Waals surface area contributed by atoms with E-state index in [1.807, 2.05) is 0 Å². The summed E-state index contributed by atoms with van der Waals surface area (Å²) in [7, 11) is 0. The minimum atomic E-state index is -0.281. The Labute approximate surface area is 102 Å². The van der Waals surface area contributed by atoms with E-state index in [1.54, 1.807) is 11.8 Å². The van der Waals surface area contributed by atoms with Gasteiger partial charge in [-0.2, -0.15) is 0 Å². The first kappa shape index (κ1) is 13.4. The normalized spacial score (nSPS) is 18.0. The molecule has 3 nitrogen and oxygen atoms in total. The lowest BCUT2D eigenvalue weighted by molar-refractivity contribution is -0.130. The molecule has 16 heavy (non-hydrogen) atoms. The summed E-state index contributed by atoms with van der Waals surface area (Å²) in [4.78, 5) is 12.0. The molecule has 1 rings (SSSR count). The van der Waals surface area contributed by atoms with Crippen LogP contribution < -0.4 is 11.1 Å². The van der Waals surface area contributed by atoms with Gasteiger partial charge in [-0.25, -0.2) is 0 Å². The molecule has 0 aromatic heterocycles. The summed E-state index contributed by atoms with van der Waals surface area (Å²) >= 11 is 1.66. The Morgan fingerprint density at radius 2 is 2.19 bits per heavy atom. The molecule has 1 aliphatic carbocycles. The molecule has 1 aliphatic rings. The van der Waals surface area contributed by atoms with Crippen molar-refractivity contribution >= 4 is 17.7 Å². The first-order valence-electron chi connectivity index (χ1n) is 5.75. The van der Waals surface area contributed by atoms with Crippen molar-refractivity contribution in [1.29, 1.82) is 0 Å². The third-order valence-corrected chi connectivity index (χ3v) is 4.01. The van der Waals surface area contributed by atoms with Crippen LogP contribution in [0.4, 0.5) is 0 Å². The molecule has 0 unspecified atom stereocenters. The van der Waals surface area contributed by atoms with Crippen molar-refractivity contribution in [2.75, 3.05) is 24.6 Å². The van der Waals surface area contributed by atoms with Crippen LogP contribution in [0.15, 0.2) is 0 Å². The van der Waals surface area contributed by atoms with Crippen LogP contribution in [-0.4, -0.2) is 30.5 Å². The van der Waals surface area contributed by atoms with Crippen molar-refractivity contribution < 1.29 is 4.79 Å². The molecule has 0 aromatic carbocycles. The summed E-state index contributed by atoms with van der Waals surface area (Å²) in [5.41, 5.74) is 5.45. The van der Waals surface area contributed by atoms with Crippen LogP contribution in [-0.2, 0) is 4.79 Å². The highest BCUT2D eigenvalue weighted by Crippen LogP contribution is 2.37. The number of carbonyl (C=O) groups is 1. The summed E-state index contributed by atoms with van der Waals surface area (Å²) in [5.74, 6) is 4.27. The highest BCUT2D eigenvalue weighted by molar-refractivity contribution is 7.99. The molecule has 1 saturated carbocycles. The molecular weight excluding hydrogens is 220 g/mol. The molecule has 0 aromatic rings. The number of amides is 1. The minimum absolute atomic E-state index is 0.133. The molecular formula is C12H20N2OS. The standard InChI is InChI=1S/C12H20N2OS/c1-2-8-16-9-7-14-11(15)12(10-13)5-3-4-6-12/h1H,3-10,13H2,(H,14,15). The van der Waals surface area contributed by atoms with Gasteiger partial charge in [0, 0.05) is 18.8 Å². The fraction of sp³-hybridized carbons (Fsp3) is 0.750. The van der Waals surface area contributed by atoms with E-state index >= 15 is 0 Å². The third-order valence-electron chi connectivity index (χ3n) is 3.15. The number of hydrogen-bond acceptors (Lipinski definition) is 3. The maximum atomic E-state index is 12.0. The van der Waals surface area contributed by atoms with E-state index in [2.05, 4.69) is 11.2 Å². The maximum Gasteiger partial charge on any atom is 0.227 e. The van der Waals surface area contributed by atoms with Crippen LogP contribution >= 0.6 is 11.8 Å². The predicted molar refractivity (Wildman–Crippen MR) is 69.1 cm³/mol. The lowest BCUT2D eigenvalue weighted by Gasteiger charge is -2.25. The Balaban J connectivity index is 2.26. The van der Waals surface area contributed by atoms with E-state index in [-0.39, 0.29) is 11.3 Å². The summed E-state index contributed by atoms with van der Waals surface area (Å²) < 4.78 is 0. The van der Waals surface area contributed by atoms with Gasteiger partial charge in [0.1, 0.15) is 0 Å². The van der Waals surface area contributed by atoms with Crippen molar-refractivity contribution in [3.63, 3.8) is 0 Å². The quantitative estimate of drug-likeness (QED) is 0.538.